The highest BCUT2D eigenvalue weighted by atomic mass is 32.2. The number of hydrogen-bond acceptors (Lipinski definition) is 9. The molecule has 0 saturated heterocycles. The predicted molar refractivity (Wildman–Crippen MR) is 110 cm³/mol. The number of sulfone groups is 1. The molecule has 11 heteroatoms. The molecule has 0 radical (unpaired) electrons. The largest absolute Gasteiger partial charge is 0.507 e. The molecule has 2 N–H and O–H groups in total. The number of hydrogen-bond donors (Lipinski definition) is 2. The van der Waals surface area contributed by atoms with Crippen molar-refractivity contribution < 1.29 is 23.1 Å². The van der Waals surface area contributed by atoms with E-state index in [1.807, 2.05) is 0 Å². The summed E-state index contributed by atoms with van der Waals surface area (Å²) in [4.78, 5) is 11.7. The Morgan fingerprint density at radius 2 is 1.90 bits per heavy atom. The normalized spacial score (nSPS) is 11.5. The maximum absolute atomic E-state index is 12.7. The molecule has 0 bridgehead atoms. The lowest BCUT2D eigenvalue weighted by Crippen LogP contribution is -2.11. The number of carbonyl (C=O) groups excluding carboxylic acids is 1. The van der Waals surface area contributed by atoms with E-state index < -0.39 is 25.0 Å². The highest BCUT2D eigenvalue weighted by molar-refractivity contribution is 7.97. The third kappa shape index (κ3) is 4.45. The van der Waals surface area contributed by atoms with E-state index in [1.165, 1.54) is 31.4 Å². The quantitative estimate of drug-likeness (QED) is 0.438. The number of aromatic hydroxyl groups is 1. The van der Waals surface area contributed by atoms with E-state index in [0.29, 0.717) is 22.6 Å². The Balaban J connectivity index is 1.84. The molecular formula is C19H14N4O5S2. The number of rotatable bonds is 6. The Labute approximate surface area is 175 Å². The van der Waals surface area contributed by atoms with E-state index in [2.05, 4.69) is 15.5 Å². The minimum absolute atomic E-state index is 0.0470. The molecule has 0 aliphatic carbocycles. The molecule has 0 spiro atoms. The van der Waals surface area contributed by atoms with Gasteiger partial charge < -0.3 is 9.84 Å². The number of methoxy groups -OCH3 is 1. The average molecular weight is 442 g/mol. The van der Waals surface area contributed by atoms with Gasteiger partial charge in [-0.05, 0) is 36.4 Å². The van der Waals surface area contributed by atoms with Crippen molar-refractivity contribution in [2.24, 2.45) is 0 Å². The zero-order chi connectivity index (χ0) is 21.7. The second-order valence-electron chi connectivity index (χ2n) is 5.74. The summed E-state index contributed by atoms with van der Waals surface area (Å²) in [6.07, 6.45) is 1.04. The summed E-state index contributed by atoms with van der Waals surface area (Å²) in [6.45, 7) is 0. The summed E-state index contributed by atoms with van der Waals surface area (Å²) in [6, 6.07) is 13.9. The summed E-state index contributed by atoms with van der Waals surface area (Å²) in [5.74, 6) is -0.107. The van der Waals surface area contributed by atoms with Crippen molar-refractivity contribution >= 4 is 38.3 Å². The highest BCUT2D eigenvalue weighted by Crippen LogP contribution is 2.28. The van der Waals surface area contributed by atoms with E-state index in [4.69, 9.17) is 4.74 Å². The van der Waals surface area contributed by atoms with E-state index in [-0.39, 0.29) is 16.4 Å². The molecule has 2 aromatic carbocycles. The molecule has 1 amide bonds. The topological polar surface area (TPSA) is 142 Å². The van der Waals surface area contributed by atoms with Crippen molar-refractivity contribution in [2.75, 3.05) is 12.4 Å². The SMILES string of the molecule is COc1ccc(C(=O)Nc2nnc(S(=O)(=O)/C(C#N)=C\c3ccccc3O)s2)cc1. The molecule has 152 valence electrons. The fraction of sp³-hybridized carbons (Fsp3) is 0.0526. The first kappa shape index (κ1) is 21.0. The molecule has 9 nitrogen and oxygen atoms in total. The molecular weight excluding hydrogens is 428 g/mol. The monoisotopic (exact) mass is 442 g/mol. The van der Waals surface area contributed by atoms with Crippen LogP contribution < -0.4 is 10.1 Å². The Kier molecular flexibility index (Phi) is 6.10. The highest BCUT2D eigenvalue weighted by Gasteiger charge is 2.26. The summed E-state index contributed by atoms with van der Waals surface area (Å²) in [5.41, 5.74) is 0.475. The van der Waals surface area contributed by atoms with Crippen LogP contribution in [0.25, 0.3) is 6.08 Å². The van der Waals surface area contributed by atoms with Crippen molar-refractivity contribution in [3.8, 4) is 17.6 Å². The van der Waals surface area contributed by atoms with Crippen LogP contribution in [-0.2, 0) is 9.84 Å². The zero-order valence-corrected chi connectivity index (χ0v) is 17.1. The molecule has 30 heavy (non-hydrogen) atoms. The van der Waals surface area contributed by atoms with Crippen LogP contribution >= 0.6 is 11.3 Å². The Morgan fingerprint density at radius 3 is 2.53 bits per heavy atom. The van der Waals surface area contributed by atoms with Gasteiger partial charge in [-0.3, -0.25) is 10.1 Å². The minimum Gasteiger partial charge on any atom is -0.507 e. The standard InChI is InChI=1S/C19H14N4O5S2/c1-28-14-8-6-12(7-9-14)17(25)21-18-22-23-19(29-18)30(26,27)15(11-20)10-13-4-2-3-5-16(13)24/h2-10,24H,1H3,(H,21,22,25)/b15-10-. The maximum atomic E-state index is 12.7. The lowest BCUT2D eigenvalue weighted by atomic mass is 10.2. The molecule has 3 aromatic rings. The van der Waals surface area contributed by atoms with Gasteiger partial charge in [0.25, 0.3) is 5.91 Å². The first-order valence-corrected chi connectivity index (χ1v) is 10.6. The fourth-order valence-corrected chi connectivity index (χ4v) is 4.45. The Bertz CT molecular complexity index is 1260. The van der Waals surface area contributed by atoms with Crippen LogP contribution in [0.15, 0.2) is 57.8 Å². The number of nitrogens with zero attached hydrogens (tertiary/aromatic N) is 3. The average Bonchev–Trinajstić information content (AvgIpc) is 3.22. The van der Waals surface area contributed by atoms with Crippen LogP contribution in [0.4, 0.5) is 5.13 Å². The number of nitrogens with one attached hydrogen (secondary N) is 1. The van der Waals surface area contributed by atoms with E-state index in [9.17, 15) is 23.6 Å². The van der Waals surface area contributed by atoms with Crippen molar-refractivity contribution in [3.63, 3.8) is 0 Å². The summed E-state index contributed by atoms with van der Waals surface area (Å²) < 4.78 is 30.0. The molecule has 0 unspecified atom stereocenters. The van der Waals surface area contributed by atoms with Gasteiger partial charge in [-0.2, -0.15) is 5.26 Å². The molecule has 0 aliphatic heterocycles. The third-order valence-corrected chi connectivity index (χ3v) is 6.70. The van der Waals surface area contributed by atoms with Crippen LogP contribution in [0, 0.1) is 11.3 Å². The minimum atomic E-state index is -4.29. The lowest BCUT2D eigenvalue weighted by Gasteiger charge is -2.03. The van der Waals surface area contributed by atoms with Gasteiger partial charge in [0.15, 0.2) is 4.91 Å². The van der Waals surface area contributed by atoms with Crippen molar-refractivity contribution in [3.05, 3.63) is 64.6 Å². The number of phenols is 1. The van der Waals surface area contributed by atoms with Crippen LogP contribution in [-0.4, -0.2) is 36.7 Å². The number of para-hydroxylation sites is 1. The number of anilines is 1. The van der Waals surface area contributed by atoms with Crippen LogP contribution in [0.3, 0.4) is 0 Å². The molecule has 0 atom stereocenters. The first-order chi connectivity index (χ1) is 14.3. The molecule has 3 rings (SSSR count). The molecule has 0 saturated carbocycles. The van der Waals surface area contributed by atoms with E-state index in [0.717, 1.165) is 6.08 Å². The second kappa shape index (κ2) is 8.73. The smallest absolute Gasteiger partial charge is 0.257 e. The van der Waals surface area contributed by atoms with E-state index in [1.54, 1.807) is 30.3 Å². The van der Waals surface area contributed by atoms with Gasteiger partial charge in [0.05, 0.1) is 7.11 Å². The van der Waals surface area contributed by atoms with Gasteiger partial charge in [0.1, 0.15) is 17.6 Å². The van der Waals surface area contributed by atoms with Crippen molar-refractivity contribution in [1.82, 2.24) is 10.2 Å². The van der Waals surface area contributed by atoms with Gasteiger partial charge in [0.2, 0.25) is 19.3 Å². The summed E-state index contributed by atoms with van der Waals surface area (Å²) in [7, 11) is -2.79. The fourth-order valence-electron chi connectivity index (χ4n) is 2.30. The van der Waals surface area contributed by atoms with Gasteiger partial charge in [-0.15, -0.1) is 10.2 Å². The first-order valence-electron chi connectivity index (χ1n) is 8.29. The summed E-state index contributed by atoms with van der Waals surface area (Å²) >= 11 is 0.608. The number of ether oxygens (including phenoxy) is 1. The zero-order valence-electron chi connectivity index (χ0n) is 15.4. The predicted octanol–water partition coefficient (Wildman–Crippen LogP) is 2.84. The maximum Gasteiger partial charge on any atom is 0.257 e. The van der Waals surface area contributed by atoms with Crippen LogP contribution in [0.2, 0.25) is 0 Å². The van der Waals surface area contributed by atoms with Crippen molar-refractivity contribution in [1.29, 1.82) is 5.26 Å². The third-order valence-electron chi connectivity index (χ3n) is 3.83. The molecule has 1 aromatic heterocycles. The van der Waals surface area contributed by atoms with Crippen LogP contribution in [0.5, 0.6) is 11.5 Å². The number of phenolic OH excluding ortho intramolecular Hbond substituents is 1. The lowest BCUT2D eigenvalue weighted by molar-refractivity contribution is 0.102. The molecule has 1 heterocycles. The number of amides is 1. The van der Waals surface area contributed by atoms with Crippen molar-refractivity contribution in [2.45, 2.75) is 4.34 Å². The number of aromatic nitrogens is 2. The Hall–Kier alpha value is -3.75. The number of allylic oxidation sites excluding steroid dienone is 1. The van der Waals surface area contributed by atoms with Crippen LogP contribution in [0.1, 0.15) is 15.9 Å². The summed E-state index contributed by atoms with van der Waals surface area (Å²) in [5, 5.41) is 28.8. The van der Waals surface area contributed by atoms with Gasteiger partial charge in [0, 0.05) is 11.1 Å². The second-order valence-corrected chi connectivity index (χ2v) is 8.81. The molecule has 0 fully saturated rings. The van der Waals surface area contributed by atoms with Gasteiger partial charge in [-0.25, -0.2) is 8.42 Å². The number of carbonyl (C=O) groups is 1. The number of nitriles is 1. The van der Waals surface area contributed by atoms with Gasteiger partial charge in [-0.1, -0.05) is 29.5 Å². The Morgan fingerprint density at radius 1 is 1.20 bits per heavy atom. The molecule has 0 aliphatic rings. The van der Waals surface area contributed by atoms with Gasteiger partial charge >= 0.3 is 0 Å². The van der Waals surface area contributed by atoms with E-state index >= 15 is 0 Å². The number of benzene rings is 2.